The van der Waals surface area contributed by atoms with E-state index in [4.69, 9.17) is 9.72 Å². The number of methoxy groups -OCH3 is 1. The van der Waals surface area contributed by atoms with E-state index < -0.39 is 0 Å². The highest BCUT2D eigenvalue weighted by Gasteiger charge is 2.17. The van der Waals surface area contributed by atoms with Crippen LogP contribution < -0.4 is 5.56 Å². The first kappa shape index (κ1) is 21.1. The Balaban J connectivity index is 1.72. The number of fused-ring (bicyclic) bond motifs is 1. The van der Waals surface area contributed by atoms with Gasteiger partial charge in [0.1, 0.15) is 4.83 Å². The van der Waals surface area contributed by atoms with Gasteiger partial charge in [-0.15, -0.1) is 17.9 Å². The lowest BCUT2D eigenvalue weighted by molar-refractivity contribution is 0.0600. The van der Waals surface area contributed by atoms with Gasteiger partial charge >= 0.3 is 5.97 Å². The number of carbonyl (C=O) groups excluding carboxylic acids is 1. The van der Waals surface area contributed by atoms with E-state index in [0.29, 0.717) is 28.4 Å². The van der Waals surface area contributed by atoms with Gasteiger partial charge in [-0.1, -0.05) is 60.3 Å². The van der Waals surface area contributed by atoms with Crippen LogP contribution in [0, 0.1) is 0 Å². The van der Waals surface area contributed by atoms with E-state index in [1.54, 1.807) is 22.8 Å². The molecule has 0 spiro atoms. The molecule has 0 aliphatic heterocycles. The molecule has 0 amide bonds. The van der Waals surface area contributed by atoms with Gasteiger partial charge in [0, 0.05) is 23.2 Å². The van der Waals surface area contributed by atoms with Crippen molar-refractivity contribution in [1.82, 2.24) is 9.55 Å². The van der Waals surface area contributed by atoms with Crippen LogP contribution in [-0.2, 0) is 17.0 Å². The third-order valence-corrected chi connectivity index (χ3v) is 6.69. The fourth-order valence-corrected chi connectivity index (χ4v) is 5.23. The zero-order valence-electron chi connectivity index (χ0n) is 16.9. The normalized spacial score (nSPS) is 10.9. The van der Waals surface area contributed by atoms with E-state index in [2.05, 4.69) is 6.58 Å². The van der Waals surface area contributed by atoms with Crippen molar-refractivity contribution in [2.75, 3.05) is 7.11 Å². The van der Waals surface area contributed by atoms with E-state index in [9.17, 15) is 9.59 Å². The Kier molecular flexibility index (Phi) is 6.34. The van der Waals surface area contributed by atoms with Crippen molar-refractivity contribution < 1.29 is 9.53 Å². The van der Waals surface area contributed by atoms with E-state index in [0.717, 1.165) is 21.5 Å². The number of benzene rings is 2. The summed E-state index contributed by atoms with van der Waals surface area (Å²) in [5, 5.41) is 3.25. The summed E-state index contributed by atoms with van der Waals surface area (Å²) < 4.78 is 6.45. The predicted octanol–water partition coefficient (Wildman–Crippen LogP) is 5.39. The maximum Gasteiger partial charge on any atom is 0.337 e. The summed E-state index contributed by atoms with van der Waals surface area (Å²) in [6.45, 7) is 4.17. The molecule has 0 N–H and O–H groups in total. The number of aromatic nitrogens is 2. The van der Waals surface area contributed by atoms with E-state index >= 15 is 0 Å². The molecule has 0 radical (unpaired) electrons. The predicted molar refractivity (Wildman–Crippen MR) is 127 cm³/mol. The Morgan fingerprint density at radius 2 is 2.03 bits per heavy atom. The van der Waals surface area contributed by atoms with Gasteiger partial charge in [-0.2, -0.15) is 0 Å². The molecule has 0 saturated heterocycles. The lowest BCUT2D eigenvalue weighted by atomic mass is 10.1. The van der Waals surface area contributed by atoms with Crippen molar-refractivity contribution in [2.45, 2.75) is 17.5 Å². The SMILES string of the molecule is C=CCn1c(SCc2cccc(C(=O)OC)c2)nc2scc(-c3ccccc3)c2c1=O. The second-order valence-electron chi connectivity index (χ2n) is 6.78. The Hall–Kier alpha value is -3.16. The van der Waals surface area contributed by atoms with Crippen LogP contribution in [0.3, 0.4) is 0 Å². The molecule has 0 bridgehead atoms. The largest absolute Gasteiger partial charge is 0.465 e. The number of thioether (sulfide) groups is 1. The van der Waals surface area contributed by atoms with Gasteiger partial charge in [-0.25, -0.2) is 9.78 Å². The Morgan fingerprint density at radius 3 is 2.77 bits per heavy atom. The summed E-state index contributed by atoms with van der Waals surface area (Å²) in [5.41, 5.74) is 3.27. The van der Waals surface area contributed by atoms with Gasteiger partial charge < -0.3 is 4.74 Å². The quantitative estimate of drug-likeness (QED) is 0.164. The summed E-state index contributed by atoms with van der Waals surface area (Å²) in [7, 11) is 1.36. The van der Waals surface area contributed by atoms with Crippen LogP contribution >= 0.6 is 23.1 Å². The average molecular weight is 449 g/mol. The number of esters is 1. The molecule has 4 aromatic rings. The number of nitrogens with zero attached hydrogens (tertiary/aromatic N) is 2. The van der Waals surface area contributed by atoms with Crippen molar-refractivity contribution in [3.05, 3.63) is 94.1 Å². The van der Waals surface area contributed by atoms with Crippen LogP contribution in [0.25, 0.3) is 21.3 Å². The second kappa shape index (κ2) is 9.32. The fourth-order valence-electron chi connectivity index (χ4n) is 3.29. The minimum atomic E-state index is -0.373. The lowest BCUT2D eigenvalue weighted by Crippen LogP contribution is -2.22. The summed E-state index contributed by atoms with van der Waals surface area (Å²) in [5.74, 6) is 0.193. The molecule has 2 aromatic heterocycles. The monoisotopic (exact) mass is 448 g/mol. The summed E-state index contributed by atoms with van der Waals surface area (Å²) in [6.07, 6.45) is 1.70. The Labute approximate surface area is 188 Å². The highest BCUT2D eigenvalue weighted by Crippen LogP contribution is 2.32. The van der Waals surface area contributed by atoms with Crippen molar-refractivity contribution in [3.63, 3.8) is 0 Å². The first-order chi connectivity index (χ1) is 15.1. The molecular formula is C24H20N2O3S2. The van der Waals surface area contributed by atoms with Gasteiger partial charge in [-0.3, -0.25) is 9.36 Å². The number of allylic oxidation sites excluding steroid dienone is 1. The molecule has 0 unspecified atom stereocenters. The maximum absolute atomic E-state index is 13.4. The molecule has 0 atom stereocenters. The fraction of sp³-hybridized carbons (Fsp3) is 0.125. The molecule has 2 aromatic carbocycles. The lowest BCUT2D eigenvalue weighted by Gasteiger charge is -2.11. The number of hydrogen-bond acceptors (Lipinski definition) is 6. The average Bonchev–Trinajstić information content (AvgIpc) is 3.24. The standard InChI is InChI=1S/C24H20N2O3S2/c1-3-12-26-22(27)20-19(17-9-5-4-6-10-17)15-30-21(20)25-24(26)31-14-16-8-7-11-18(13-16)23(28)29-2/h3-11,13,15H,1,12,14H2,2H3. The number of ether oxygens (including phenoxy) is 1. The summed E-state index contributed by atoms with van der Waals surface area (Å²) >= 11 is 2.93. The zero-order valence-corrected chi connectivity index (χ0v) is 18.5. The van der Waals surface area contributed by atoms with Crippen LogP contribution in [0.4, 0.5) is 0 Å². The molecule has 31 heavy (non-hydrogen) atoms. The van der Waals surface area contributed by atoms with Crippen molar-refractivity contribution >= 4 is 39.3 Å². The van der Waals surface area contributed by atoms with Crippen molar-refractivity contribution in [1.29, 1.82) is 0 Å². The molecule has 5 nitrogen and oxygen atoms in total. The molecule has 7 heteroatoms. The first-order valence-electron chi connectivity index (χ1n) is 9.60. The molecule has 4 rings (SSSR count). The summed E-state index contributed by atoms with van der Waals surface area (Å²) in [4.78, 5) is 30.7. The molecule has 2 heterocycles. The van der Waals surface area contributed by atoms with E-state index in [-0.39, 0.29) is 11.5 Å². The first-order valence-corrected chi connectivity index (χ1v) is 11.5. The molecule has 0 saturated carbocycles. The smallest absolute Gasteiger partial charge is 0.337 e. The third-order valence-electron chi connectivity index (χ3n) is 4.77. The molecule has 156 valence electrons. The van der Waals surface area contributed by atoms with Crippen LogP contribution in [0.5, 0.6) is 0 Å². The highest BCUT2D eigenvalue weighted by atomic mass is 32.2. The number of carbonyl (C=O) groups is 1. The number of hydrogen-bond donors (Lipinski definition) is 0. The van der Waals surface area contributed by atoms with E-state index in [1.807, 2.05) is 47.8 Å². The van der Waals surface area contributed by atoms with Crippen molar-refractivity contribution in [3.8, 4) is 11.1 Å². The van der Waals surface area contributed by atoms with Crippen LogP contribution in [-0.4, -0.2) is 22.6 Å². The van der Waals surface area contributed by atoms with E-state index in [1.165, 1.54) is 30.2 Å². The number of rotatable bonds is 7. The molecular weight excluding hydrogens is 428 g/mol. The molecule has 0 fully saturated rings. The minimum Gasteiger partial charge on any atom is -0.465 e. The molecule has 0 aliphatic rings. The van der Waals surface area contributed by atoms with Gasteiger partial charge in [0.2, 0.25) is 0 Å². The van der Waals surface area contributed by atoms with Gasteiger partial charge in [0.25, 0.3) is 5.56 Å². The third kappa shape index (κ3) is 4.33. The van der Waals surface area contributed by atoms with Crippen LogP contribution in [0.2, 0.25) is 0 Å². The Bertz CT molecular complexity index is 1310. The van der Waals surface area contributed by atoms with Gasteiger partial charge in [-0.05, 0) is 23.3 Å². The highest BCUT2D eigenvalue weighted by molar-refractivity contribution is 7.98. The van der Waals surface area contributed by atoms with Gasteiger partial charge in [0.05, 0.1) is 18.1 Å². The summed E-state index contributed by atoms with van der Waals surface area (Å²) in [6, 6.07) is 17.1. The Morgan fingerprint density at radius 1 is 1.23 bits per heavy atom. The second-order valence-corrected chi connectivity index (χ2v) is 8.58. The van der Waals surface area contributed by atoms with Crippen molar-refractivity contribution in [2.24, 2.45) is 0 Å². The zero-order chi connectivity index (χ0) is 21.8. The minimum absolute atomic E-state index is 0.0733. The number of thiophene rings is 1. The molecule has 0 aliphatic carbocycles. The maximum atomic E-state index is 13.4. The van der Waals surface area contributed by atoms with Gasteiger partial charge in [0.15, 0.2) is 5.16 Å². The van der Waals surface area contributed by atoms with Crippen LogP contribution in [0.1, 0.15) is 15.9 Å². The topological polar surface area (TPSA) is 61.2 Å². The van der Waals surface area contributed by atoms with Crippen LogP contribution in [0.15, 0.2) is 82.6 Å².